The molecule has 3 rings (SSSR count). The van der Waals surface area contributed by atoms with Gasteiger partial charge in [-0.25, -0.2) is 0 Å². The number of rotatable bonds is 2. The molecule has 1 aliphatic heterocycles. The summed E-state index contributed by atoms with van der Waals surface area (Å²) in [5.74, 6) is 0.982. The number of nitrogens with zero attached hydrogens (tertiary/aromatic N) is 1. The zero-order valence-electron chi connectivity index (χ0n) is 11.7. The molecule has 0 radical (unpaired) electrons. The second-order valence-electron chi connectivity index (χ2n) is 5.03. The minimum absolute atomic E-state index is 0.0800. The van der Waals surface area contributed by atoms with Gasteiger partial charge < -0.3 is 9.64 Å². The van der Waals surface area contributed by atoms with Crippen LogP contribution >= 0.6 is 0 Å². The Balaban J connectivity index is 2.21. The van der Waals surface area contributed by atoms with E-state index in [4.69, 9.17) is 4.74 Å². The van der Waals surface area contributed by atoms with Crippen LogP contribution in [0.4, 0.5) is 0 Å². The molecule has 20 heavy (non-hydrogen) atoms. The maximum absolute atomic E-state index is 12.2. The number of amides is 1. The molecule has 3 heteroatoms. The van der Waals surface area contributed by atoms with E-state index in [-0.39, 0.29) is 11.9 Å². The van der Waals surface area contributed by atoms with Crippen molar-refractivity contribution in [1.29, 1.82) is 0 Å². The molecular weight excluding hydrogens is 250 g/mol. The predicted molar refractivity (Wildman–Crippen MR) is 77.8 cm³/mol. The van der Waals surface area contributed by atoms with Gasteiger partial charge in [0, 0.05) is 12.6 Å². The molecule has 1 aliphatic rings. The number of fused-ring (bicyclic) bond motifs is 1. The van der Waals surface area contributed by atoms with Gasteiger partial charge in [0.25, 0.3) is 0 Å². The Morgan fingerprint density at radius 3 is 2.55 bits per heavy atom. The van der Waals surface area contributed by atoms with E-state index in [0.29, 0.717) is 6.42 Å². The van der Waals surface area contributed by atoms with Crippen molar-refractivity contribution in [3.8, 4) is 5.75 Å². The smallest absolute Gasteiger partial charge is 0.227 e. The van der Waals surface area contributed by atoms with Crippen LogP contribution in [0.5, 0.6) is 5.75 Å². The summed E-state index contributed by atoms with van der Waals surface area (Å²) in [4.78, 5) is 14.0. The number of benzene rings is 2. The second kappa shape index (κ2) is 5.00. The second-order valence-corrected chi connectivity index (χ2v) is 5.03. The molecule has 1 amide bonds. The normalized spacial score (nSPS) is 17.8. The SMILES string of the molecule is COc1cccc2c1C(c1ccccc1)N(C)C(=O)C2. The van der Waals surface area contributed by atoms with Crippen LogP contribution in [0.25, 0.3) is 0 Å². The van der Waals surface area contributed by atoms with Gasteiger partial charge >= 0.3 is 0 Å². The van der Waals surface area contributed by atoms with Crippen molar-refractivity contribution in [2.75, 3.05) is 14.2 Å². The molecule has 102 valence electrons. The highest BCUT2D eigenvalue weighted by Crippen LogP contribution is 2.39. The Labute approximate surface area is 118 Å². The third-order valence-corrected chi connectivity index (χ3v) is 3.89. The number of likely N-dealkylation sites (N-methyl/N-ethyl adjacent to an activating group) is 1. The first-order valence-electron chi connectivity index (χ1n) is 6.68. The van der Waals surface area contributed by atoms with Gasteiger partial charge in [-0.2, -0.15) is 0 Å². The predicted octanol–water partition coefficient (Wildman–Crippen LogP) is 2.80. The molecule has 1 heterocycles. The van der Waals surface area contributed by atoms with Crippen LogP contribution in [0.1, 0.15) is 22.7 Å². The highest BCUT2D eigenvalue weighted by molar-refractivity contribution is 5.83. The fourth-order valence-electron chi connectivity index (χ4n) is 2.88. The topological polar surface area (TPSA) is 29.5 Å². The largest absolute Gasteiger partial charge is 0.496 e. The number of methoxy groups -OCH3 is 1. The minimum Gasteiger partial charge on any atom is -0.496 e. The van der Waals surface area contributed by atoms with Crippen molar-refractivity contribution < 1.29 is 9.53 Å². The Morgan fingerprint density at radius 2 is 1.85 bits per heavy atom. The maximum Gasteiger partial charge on any atom is 0.227 e. The molecule has 0 fully saturated rings. The number of carbonyl (C=O) groups excluding carboxylic acids is 1. The molecule has 0 saturated carbocycles. The summed E-state index contributed by atoms with van der Waals surface area (Å²) in [5.41, 5.74) is 3.26. The van der Waals surface area contributed by atoms with Crippen molar-refractivity contribution in [3.05, 3.63) is 65.2 Å². The zero-order chi connectivity index (χ0) is 14.1. The Bertz CT molecular complexity index is 637. The van der Waals surface area contributed by atoms with Crippen LogP contribution in [0.2, 0.25) is 0 Å². The van der Waals surface area contributed by atoms with Gasteiger partial charge in [-0.05, 0) is 17.2 Å². The van der Waals surface area contributed by atoms with E-state index in [9.17, 15) is 4.79 Å². The first-order valence-corrected chi connectivity index (χ1v) is 6.68. The Kier molecular flexibility index (Phi) is 3.18. The van der Waals surface area contributed by atoms with Gasteiger partial charge in [-0.3, -0.25) is 4.79 Å². The summed E-state index contributed by atoms with van der Waals surface area (Å²) >= 11 is 0. The van der Waals surface area contributed by atoms with E-state index in [1.54, 1.807) is 12.0 Å². The lowest BCUT2D eigenvalue weighted by Crippen LogP contribution is -2.38. The van der Waals surface area contributed by atoms with Crippen LogP contribution in [0.3, 0.4) is 0 Å². The molecule has 0 N–H and O–H groups in total. The van der Waals surface area contributed by atoms with Crippen LogP contribution in [0.15, 0.2) is 48.5 Å². The molecule has 0 aliphatic carbocycles. The van der Waals surface area contributed by atoms with E-state index < -0.39 is 0 Å². The van der Waals surface area contributed by atoms with Gasteiger partial charge in [0.05, 0.1) is 19.6 Å². The molecule has 3 nitrogen and oxygen atoms in total. The summed E-state index contributed by atoms with van der Waals surface area (Å²) < 4.78 is 5.51. The van der Waals surface area contributed by atoms with Crippen molar-refractivity contribution in [2.45, 2.75) is 12.5 Å². The molecule has 1 atom stereocenters. The summed E-state index contributed by atoms with van der Waals surface area (Å²) in [6, 6.07) is 15.9. The van der Waals surface area contributed by atoms with Crippen molar-refractivity contribution in [2.24, 2.45) is 0 Å². The fraction of sp³-hybridized carbons (Fsp3) is 0.235. The average molecular weight is 267 g/mol. The van der Waals surface area contributed by atoms with Gasteiger partial charge in [0.1, 0.15) is 5.75 Å². The van der Waals surface area contributed by atoms with Gasteiger partial charge in [0.15, 0.2) is 0 Å². The van der Waals surface area contributed by atoms with Gasteiger partial charge in [-0.1, -0.05) is 42.5 Å². The van der Waals surface area contributed by atoms with Crippen LogP contribution in [-0.4, -0.2) is 25.0 Å². The van der Waals surface area contributed by atoms with E-state index in [1.165, 1.54) is 0 Å². The van der Waals surface area contributed by atoms with Crippen LogP contribution < -0.4 is 4.74 Å². The third kappa shape index (κ3) is 1.95. The molecule has 0 aromatic heterocycles. The number of carbonyl (C=O) groups is 1. The lowest BCUT2D eigenvalue weighted by molar-refractivity contribution is -0.131. The quantitative estimate of drug-likeness (QED) is 0.837. The zero-order valence-corrected chi connectivity index (χ0v) is 11.7. The lowest BCUT2D eigenvalue weighted by atomic mass is 9.87. The van der Waals surface area contributed by atoms with Gasteiger partial charge in [-0.15, -0.1) is 0 Å². The Morgan fingerprint density at radius 1 is 1.10 bits per heavy atom. The number of hydrogen-bond acceptors (Lipinski definition) is 2. The van der Waals surface area contributed by atoms with E-state index >= 15 is 0 Å². The molecular formula is C17H17NO2. The first-order chi connectivity index (χ1) is 9.72. The third-order valence-electron chi connectivity index (χ3n) is 3.89. The van der Waals surface area contributed by atoms with Crippen molar-refractivity contribution >= 4 is 5.91 Å². The summed E-state index contributed by atoms with van der Waals surface area (Å²) in [6.45, 7) is 0. The fourth-order valence-corrected chi connectivity index (χ4v) is 2.88. The highest BCUT2D eigenvalue weighted by Gasteiger charge is 2.33. The monoisotopic (exact) mass is 267 g/mol. The highest BCUT2D eigenvalue weighted by atomic mass is 16.5. The van der Waals surface area contributed by atoms with E-state index in [1.807, 2.05) is 43.4 Å². The molecule has 0 spiro atoms. The standard InChI is InChI=1S/C17H17NO2/c1-18-15(19)11-13-9-6-10-14(20-2)16(13)17(18)12-7-4-3-5-8-12/h3-10,17H,11H2,1-2H3. The molecule has 2 aromatic carbocycles. The van der Waals surface area contributed by atoms with Crippen molar-refractivity contribution in [1.82, 2.24) is 4.90 Å². The molecule has 0 bridgehead atoms. The number of hydrogen-bond donors (Lipinski definition) is 0. The van der Waals surface area contributed by atoms with Gasteiger partial charge in [0.2, 0.25) is 5.91 Å². The van der Waals surface area contributed by atoms with E-state index in [2.05, 4.69) is 12.1 Å². The molecule has 1 unspecified atom stereocenters. The average Bonchev–Trinajstić information content (AvgIpc) is 2.49. The summed E-state index contributed by atoms with van der Waals surface area (Å²) in [7, 11) is 3.53. The Hall–Kier alpha value is -2.29. The molecule has 2 aromatic rings. The van der Waals surface area contributed by atoms with Crippen LogP contribution in [0, 0.1) is 0 Å². The van der Waals surface area contributed by atoms with E-state index in [0.717, 1.165) is 22.4 Å². The number of ether oxygens (including phenoxy) is 1. The minimum atomic E-state index is -0.0800. The lowest BCUT2D eigenvalue weighted by Gasteiger charge is -2.35. The maximum atomic E-state index is 12.2. The van der Waals surface area contributed by atoms with Crippen LogP contribution in [-0.2, 0) is 11.2 Å². The van der Waals surface area contributed by atoms with Crippen molar-refractivity contribution in [3.63, 3.8) is 0 Å². The summed E-state index contributed by atoms with van der Waals surface area (Å²) in [5, 5.41) is 0. The summed E-state index contributed by atoms with van der Waals surface area (Å²) in [6.07, 6.45) is 0.437. The first kappa shape index (κ1) is 12.7. The molecule has 0 saturated heterocycles.